The highest BCUT2D eigenvalue weighted by Gasteiger charge is 2.32. The highest BCUT2D eigenvalue weighted by Crippen LogP contribution is 2.29. The van der Waals surface area contributed by atoms with E-state index in [2.05, 4.69) is 32.7 Å². The van der Waals surface area contributed by atoms with Gasteiger partial charge in [-0.25, -0.2) is 0 Å². The van der Waals surface area contributed by atoms with Crippen LogP contribution in [0.5, 0.6) is 0 Å². The van der Waals surface area contributed by atoms with Gasteiger partial charge in [0.05, 0.1) is 6.10 Å². The first-order chi connectivity index (χ1) is 7.10. The van der Waals surface area contributed by atoms with Crippen molar-refractivity contribution >= 4 is 0 Å². The van der Waals surface area contributed by atoms with Gasteiger partial charge in [-0.05, 0) is 45.1 Å². The zero-order valence-electron chi connectivity index (χ0n) is 10.7. The molecule has 1 aliphatic carbocycles. The second-order valence-corrected chi connectivity index (χ2v) is 5.19. The van der Waals surface area contributed by atoms with Crippen LogP contribution in [-0.4, -0.2) is 35.2 Å². The summed E-state index contributed by atoms with van der Waals surface area (Å²) in [6.45, 7) is 6.78. The lowest BCUT2D eigenvalue weighted by Crippen LogP contribution is -2.49. The molecule has 3 atom stereocenters. The summed E-state index contributed by atoms with van der Waals surface area (Å²) >= 11 is 0. The minimum absolute atomic E-state index is 0.105. The first-order valence-corrected chi connectivity index (χ1v) is 6.50. The van der Waals surface area contributed by atoms with Crippen LogP contribution < -0.4 is 0 Å². The lowest BCUT2D eigenvalue weighted by molar-refractivity contribution is -0.00232. The number of hydrogen-bond acceptors (Lipinski definition) is 2. The van der Waals surface area contributed by atoms with Crippen LogP contribution in [0.15, 0.2) is 0 Å². The molecule has 0 aliphatic heterocycles. The van der Waals surface area contributed by atoms with Crippen LogP contribution in [-0.2, 0) is 0 Å². The molecule has 1 fully saturated rings. The summed E-state index contributed by atoms with van der Waals surface area (Å²) in [6, 6.07) is 1.02. The Kier molecular flexibility index (Phi) is 5.07. The van der Waals surface area contributed by atoms with Crippen LogP contribution in [0.4, 0.5) is 0 Å². The van der Waals surface area contributed by atoms with Crippen molar-refractivity contribution in [2.75, 3.05) is 7.05 Å². The van der Waals surface area contributed by atoms with Crippen molar-refractivity contribution in [2.24, 2.45) is 5.92 Å². The highest BCUT2D eigenvalue weighted by atomic mass is 16.3. The van der Waals surface area contributed by atoms with Gasteiger partial charge in [0.1, 0.15) is 0 Å². The third-order valence-electron chi connectivity index (χ3n) is 4.08. The average Bonchev–Trinajstić information content (AvgIpc) is 2.23. The summed E-state index contributed by atoms with van der Waals surface area (Å²) < 4.78 is 0. The van der Waals surface area contributed by atoms with Gasteiger partial charge >= 0.3 is 0 Å². The molecule has 0 saturated heterocycles. The standard InChI is InChI=1S/C13H27NO/c1-5-11(6-2)14(4)12-9-10(3)7-8-13(12)15/h10-13,15H,5-9H2,1-4H3. The van der Waals surface area contributed by atoms with Crippen LogP contribution in [0, 0.1) is 5.92 Å². The molecule has 0 bridgehead atoms. The van der Waals surface area contributed by atoms with Crippen LogP contribution in [0.3, 0.4) is 0 Å². The first-order valence-electron chi connectivity index (χ1n) is 6.50. The number of nitrogens with zero attached hydrogens (tertiary/aromatic N) is 1. The summed E-state index contributed by atoms with van der Waals surface area (Å²) in [5, 5.41) is 10.1. The molecule has 0 amide bonds. The van der Waals surface area contributed by atoms with Crippen molar-refractivity contribution in [3.05, 3.63) is 0 Å². The van der Waals surface area contributed by atoms with Gasteiger partial charge < -0.3 is 5.11 Å². The molecule has 2 nitrogen and oxygen atoms in total. The number of aliphatic hydroxyl groups is 1. The third kappa shape index (κ3) is 3.18. The van der Waals surface area contributed by atoms with E-state index < -0.39 is 0 Å². The average molecular weight is 213 g/mol. The topological polar surface area (TPSA) is 23.5 Å². The molecule has 1 aliphatic rings. The fourth-order valence-electron chi connectivity index (χ4n) is 2.91. The Balaban J connectivity index is 2.59. The molecule has 2 heteroatoms. The van der Waals surface area contributed by atoms with Gasteiger partial charge in [-0.1, -0.05) is 20.8 Å². The van der Waals surface area contributed by atoms with Crippen molar-refractivity contribution in [3.63, 3.8) is 0 Å². The quantitative estimate of drug-likeness (QED) is 0.776. The van der Waals surface area contributed by atoms with Gasteiger partial charge in [0.15, 0.2) is 0 Å². The highest BCUT2D eigenvalue weighted by molar-refractivity contribution is 4.86. The van der Waals surface area contributed by atoms with Crippen molar-refractivity contribution < 1.29 is 5.11 Å². The molecular weight excluding hydrogens is 186 g/mol. The van der Waals surface area contributed by atoms with Gasteiger partial charge in [-0.15, -0.1) is 0 Å². The van der Waals surface area contributed by atoms with E-state index >= 15 is 0 Å². The molecular formula is C13H27NO. The second kappa shape index (κ2) is 5.86. The van der Waals surface area contributed by atoms with Gasteiger partial charge in [-0.3, -0.25) is 4.90 Å². The number of aliphatic hydroxyl groups excluding tert-OH is 1. The molecule has 0 aromatic carbocycles. The van der Waals surface area contributed by atoms with Gasteiger partial charge in [0.25, 0.3) is 0 Å². The minimum atomic E-state index is -0.105. The Morgan fingerprint density at radius 3 is 2.40 bits per heavy atom. The lowest BCUT2D eigenvalue weighted by atomic mass is 9.83. The Morgan fingerprint density at radius 1 is 1.27 bits per heavy atom. The van der Waals surface area contributed by atoms with Crippen molar-refractivity contribution in [1.82, 2.24) is 4.90 Å². The summed E-state index contributed by atoms with van der Waals surface area (Å²) in [5.74, 6) is 0.773. The van der Waals surface area contributed by atoms with E-state index in [0.29, 0.717) is 12.1 Å². The molecule has 3 unspecified atom stereocenters. The predicted molar refractivity (Wildman–Crippen MR) is 64.9 cm³/mol. The zero-order valence-corrected chi connectivity index (χ0v) is 10.7. The number of likely N-dealkylation sites (N-methyl/N-ethyl adjacent to an activating group) is 1. The molecule has 0 radical (unpaired) electrons. The van der Waals surface area contributed by atoms with E-state index in [1.807, 2.05) is 0 Å². The Labute approximate surface area is 94.7 Å². The normalized spacial score (nSPS) is 32.6. The maximum Gasteiger partial charge on any atom is 0.0695 e. The summed E-state index contributed by atoms with van der Waals surface area (Å²) in [6.07, 6.45) is 5.60. The molecule has 1 N–H and O–H groups in total. The summed E-state index contributed by atoms with van der Waals surface area (Å²) in [7, 11) is 2.18. The summed E-state index contributed by atoms with van der Waals surface area (Å²) in [4.78, 5) is 2.42. The molecule has 1 rings (SSSR count). The molecule has 0 heterocycles. The van der Waals surface area contributed by atoms with E-state index in [0.717, 1.165) is 18.8 Å². The molecule has 90 valence electrons. The fraction of sp³-hybridized carbons (Fsp3) is 1.00. The number of hydrogen-bond donors (Lipinski definition) is 1. The molecule has 0 spiro atoms. The van der Waals surface area contributed by atoms with E-state index in [9.17, 15) is 5.11 Å². The minimum Gasteiger partial charge on any atom is -0.391 e. The van der Waals surface area contributed by atoms with E-state index in [1.165, 1.54) is 19.3 Å². The van der Waals surface area contributed by atoms with E-state index in [1.54, 1.807) is 0 Å². The summed E-state index contributed by atoms with van der Waals surface area (Å²) in [5.41, 5.74) is 0. The monoisotopic (exact) mass is 213 g/mol. The molecule has 1 saturated carbocycles. The lowest BCUT2D eigenvalue weighted by Gasteiger charge is -2.41. The van der Waals surface area contributed by atoms with Gasteiger partial charge in [0.2, 0.25) is 0 Å². The van der Waals surface area contributed by atoms with Gasteiger partial charge in [0, 0.05) is 12.1 Å². The molecule has 0 aromatic heterocycles. The Hall–Kier alpha value is -0.0800. The Morgan fingerprint density at radius 2 is 1.87 bits per heavy atom. The van der Waals surface area contributed by atoms with Crippen molar-refractivity contribution in [1.29, 1.82) is 0 Å². The van der Waals surface area contributed by atoms with Crippen LogP contribution in [0.25, 0.3) is 0 Å². The van der Waals surface area contributed by atoms with Crippen LogP contribution in [0.2, 0.25) is 0 Å². The largest absolute Gasteiger partial charge is 0.391 e. The first kappa shape index (κ1) is 13.0. The smallest absolute Gasteiger partial charge is 0.0695 e. The maximum atomic E-state index is 10.1. The SMILES string of the molecule is CCC(CC)N(C)C1CC(C)CCC1O. The van der Waals surface area contributed by atoms with Crippen LogP contribution in [0.1, 0.15) is 52.9 Å². The van der Waals surface area contributed by atoms with E-state index in [4.69, 9.17) is 0 Å². The third-order valence-corrected chi connectivity index (χ3v) is 4.08. The van der Waals surface area contributed by atoms with Crippen molar-refractivity contribution in [2.45, 2.75) is 71.1 Å². The fourth-order valence-corrected chi connectivity index (χ4v) is 2.91. The van der Waals surface area contributed by atoms with E-state index in [-0.39, 0.29) is 6.10 Å². The number of rotatable bonds is 4. The molecule has 15 heavy (non-hydrogen) atoms. The van der Waals surface area contributed by atoms with Crippen molar-refractivity contribution in [3.8, 4) is 0 Å². The van der Waals surface area contributed by atoms with Crippen LogP contribution >= 0.6 is 0 Å². The Bertz CT molecular complexity index is 179. The van der Waals surface area contributed by atoms with Gasteiger partial charge in [-0.2, -0.15) is 0 Å². The zero-order chi connectivity index (χ0) is 11.4. The second-order valence-electron chi connectivity index (χ2n) is 5.19. The predicted octanol–water partition coefficient (Wildman–Crippen LogP) is 2.66. The molecule has 0 aromatic rings. The maximum absolute atomic E-state index is 10.1.